The summed E-state index contributed by atoms with van der Waals surface area (Å²) >= 11 is 0. The zero-order valence-corrected chi connectivity index (χ0v) is 17.6. The fourth-order valence-electron chi connectivity index (χ4n) is 4.93. The van der Waals surface area contributed by atoms with E-state index in [0.717, 1.165) is 17.5 Å². The molecule has 1 fully saturated rings. The lowest BCUT2D eigenvalue weighted by molar-refractivity contribution is 0.181. The first-order valence-electron chi connectivity index (χ1n) is 10.9. The average molecular weight is 379 g/mol. The van der Waals surface area contributed by atoms with Crippen molar-refractivity contribution in [2.75, 3.05) is 25.6 Å². The zero-order chi connectivity index (χ0) is 19.5. The van der Waals surface area contributed by atoms with Gasteiger partial charge in [-0.05, 0) is 101 Å². The molecule has 28 heavy (non-hydrogen) atoms. The fraction of sp³-hybridized carbons (Fsp3) is 0.520. The molecule has 3 nitrogen and oxygen atoms in total. The van der Waals surface area contributed by atoms with Crippen LogP contribution in [0, 0.1) is 13.8 Å². The Hall–Kier alpha value is -2.00. The third-order valence-corrected chi connectivity index (χ3v) is 6.74. The van der Waals surface area contributed by atoms with Crippen LogP contribution in [0.3, 0.4) is 0 Å². The van der Waals surface area contributed by atoms with E-state index in [1.807, 2.05) is 0 Å². The number of anilines is 1. The van der Waals surface area contributed by atoms with Gasteiger partial charge >= 0.3 is 0 Å². The monoisotopic (exact) mass is 378 g/mol. The molecule has 150 valence electrons. The first kappa shape index (κ1) is 19.3. The first-order chi connectivity index (χ1) is 13.6. The highest BCUT2D eigenvalue weighted by molar-refractivity contribution is 5.60. The Morgan fingerprint density at radius 1 is 1.04 bits per heavy atom. The molecule has 4 rings (SSSR count). The lowest BCUT2D eigenvalue weighted by atomic mass is 9.81. The van der Waals surface area contributed by atoms with Crippen molar-refractivity contribution in [2.45, 2.75) is 64.3 Å². The van der Waals surface area contributed by atoms with Crippen molar-refractivity contribution in [1.29, 1.82) is 0 Å². The Labute approximate surface area is 170 Å². The molecule has 0 amide bonds. The number of hydrogen-bond acceptors (Lipinski definition) is 3. The molecule has 1 aliphatic carbocycles. The molecule has 0 aromatic heterocycles. The summed E-state index contributed by atoms with van der Waals surface area (Å²) in [6, 6.07) is 14.3. The number of benzene rings is 2. The van der Waals surface area contributed by atoms with Gasteiger partial charge in [0.05, 0.1) is 5.69 Å². The number of hydrogen-bond donors (Lipinski definition) is 1. The predicted octanol–water partition coefficient (Wildman–Crippen LogP) is 5.66. The van der Waals surface area contributed by atoms with Crippen molar-refractivity contribution < 1.29 is 4.74 Å². The van der Waals surface area contributed by atoms with Crippen LogP contribution < -0.4 is 10.1 Å². The molecule has 1 N–H and O–H groups in total. The maximum atomic E-state index is 5.67. The fourth-order valence-corrected chi connectivity index (χ4v) is 4.93. The van der Waals surface area contributed by atoms with Crippen LogP contribution in [-0.2, 0) is 6.42 Å². The lowest BCUT2D eigenvalue weighted by Crippen LogP contribution is -2.35. The molecule has 0 spiro atoms. The normalized spacial score (nSPS) is 21.3. The van der Waals surface area contributed by atoms with Crippen LogP contribution in [0.2, 0.25) is 0 Å². The number of rotatable bonds is 6. The highest BCUT2D eigenvalue weighted by Crippen LogP contribution is 2.38. The van der Waals surface area contributed by atoms with E-state index >= 15 is 0 Å². The smallest absolute Gasteiger partial charge is 0.159 e. The minimum Gasteiger partial charge on any atom is -0.471 e. The highest BCUT2D eigenvalue weighted by Gasteiger charge is 2.25. The minimum atomic E-state index is 0.610. The standard InChI is InChI=1S/C25H34N2O/c1-18-6-7-20(19(2)15-18)5-4-14-27(3)23-11-8-21(9-12-23)22-10-13-24-25(16-22)28-17-26-24/h6-7,10,13,15-16,21,23,26H,4-5,8-9,11-12,14,17H2,1-3H3. The van der Waals surface area contributed by atoms with Crippen molar-refractivity contribution in [3.8, 4) is 5.75 Å². The maximum absolute atomic E-state index is 5.67. The van der Waals surface area contributed by atoms with E-state index in [1.54, 1.807) is 0 Å². The van der Waals surface area contributed by atoms with Gasteiger partial charge in [-0.3, -0.25) is 0 Å². The lowest BCUT2D eigenvalue weighted by Gasteiger charge is -2.35. The van der Waals surface area contributed by atoms with Crippen molar-refractivity contribution in [3.05, 3.63) is 58.7 Å². The summed E-state index contributed by atoms with van der Waals surface area (Å²) in [5, 5.41) is 3.26. The summed E-state index contributed by atoms with van der Waals surface area (Å²) in [7, 11) is 2.32. The van der Waals surface area contributed by atoms with Crippen molar-refractivity contribution in [3.63, 3.8) is 0 Å². The summed E-state index contributed by atoms with van der Waals surface area (Å²) in [5.41, 5.74) is 6.91. The maximum Gasteiger partial charge on any atom is 0.159 e. The van der Waals surface area contributed by atoms with Gasteiger partial charge in [-0.2, -0.15) is 0 Å². The second-order valence-corrected chi connectivity index (χ2v) is 8.74. The number of nitrogens with zero attached hydrogens (tertiary/aromatic N) is 1. The van der Waals surface area contributed by atoms with Crippen molar-refractivity contribution >= 4 is 5.69 Å². The van der Waals surface area contributed by atoms with Crippen LogP contribution >= 0.6 is 0 Å². The Bertz CT molecular complexity index is 808. The van der Waals surface area contributed by atoms with E-state index < -0.39 is 0 Å². The van der Waals surface area contributed by atoms with Gasteiger partial charge in [0.1, 0.15) is 5.75 Å². The van der Waals surface area contributed by atoms with Gasteiger partial charge in [-0.25, -0.2) is 0 Å². The molecule has 2 aromatic carbocycles. The van der Waals surface area contributed by atoms with Crippen molar-refractivity contribution in [2.24, 2.45) is 0 Å². The summed E-state index contributed by atoms with van der Waals surface area (Å²) in [5.74, 6) is 1.72. The Balaban J connectivity index is 1.24. The third-order valence-electron chi connectivity index (χ3n) is 6.74. The van der Waals surface area contributed by atoms with Crippen LogP contribution in [0.5, 0.6) is 5.75 Å². The molecule has 0 atom stereocenters. The molecule has 0 radical (unpaired) electrons. The van der Waals surface area contributed by atoms with Gasteiger partial charge in [-0.1, -0.05) is 29.8 Å². The van der Waals surface area contributed by atoms with Crippen LogP contribution in [0.1, 0.15) is 60.3 Å². The SMILES string of the molecule is Cc1ccc(CCCN(C)C2CCC(c3ccc4c(c3)OCN4)CC2)c(C)c1. The average Bonchev–Trinajstić information content (AvgIpc) is 3.17. The topological polar surface area (TPSA) is 24.5 Å². The molecule has 0 unspecified atom stereocenters. The van der Waals surface area contributed by atoms with Crippen LogP contribution in [-0.4, -0.2) is 31.3 Å². The molecule has 2 aromatic rings. The molecule has 2 aliphatic rings. The van der Waals surface area contributed by atoms with E-state index in [4.69, 9.17) is 4.74 Å². The van der Waals surface area contributed by atoms with Crippen LogP contribution in [0.25, 0.3) is 0 Å². The Morgan fingerprint density at radius 2 is 1.86 bits per heavy atom. The molecule has 0 saturated heterocycles. The molecule has 1 saturated carbocycles. The Morgan fingerprint density at radius 3 is 2.64 bits per heavy atom. The summed E-state index contributed by atoms with van der Waals surface area (Å²) in [6.45, 7) is 6.22. The van der Waals surface area contributed by atoms with E-state index in [9.17, 15) is 0 Å². The zero-order valence-electron chi connectivity index (χ0n) is 17.6. The molecule has 1 heterocycles. The predicted molar refractivity (Wildman–Crippen MR) is 117 cm³/mol. The van der Waals surface area contributed by atoms with Gasteiger partial charge < -0.3 is 15.0 Å². The molecule has 1 aliphatic heterocycles. The number of nitrogens with one attached hydrogen (secondary N) is 1. The quantitative estimate of drug-likeness (QED) is 0.702. The number of ether oxygens (including phenoxy) is 1. The van der Waals surface area contributed by atoms with Gasteiger partial charge in [0.25, 0.3) is 0 Å². The molecule has 0 bridgehead atoms. The summed E-state index contributed by atoms with van der Waals surface area (Å²) in [4.78, 5) is 2.61. The van der Waals surface area contributed by atoms with Gasteiger partial charge in [0, 0.05) is 6.04 Å². The van der Waals surface area contributed by atoms with Gasteiger partial charge in [0.15, 0.2) is 6.73 Å². The van der Waals surface area contributed by atoms with E-state index in [0.29, 0.717) is 12.6 Å². The Kier molecular flexibility index (Phi) is 5.91. The van der Waals surface area contributed by atoms with Crippen LogP contribution in [0.4, 0.5) is 5.69 Å². The van der Waals surface area contributed by atoms with Gasteiger partial charge in [-0.15, -0.1) is 0 Å². The first-order valence-corrected chi connectivity index (χ1v) is 10.9. The third kappa shape index (κ3) is 4.35. The second-order valence-electron chi connectivity index (χ2n) is 8.74. The van der Waals surface area contributed by atoms with Crippen molar-refractivity contribution in [1.82, 2.24) is 4.90 Å². The van der Waals surface area contributed by atoms with E-state index in [-0.39, 0.29) is 0 Å². The largest absolute Gasteiger partial charge is 0.471 e. The van der Waals surface area contributed by atoms with E-state index in [2.05, 4.69) is 67.5 Å². The second kappa shape index (κ2) is 8.57. The molecule has 3 heteroatoms. The summed E-state index contributed by atoms with van der Waals surface area (Å²) < 4.78 is 5.67. The summed E-state index contributed by atoms with van der Waals surface area (Å²) in [6.07, 6.45) is 7.63. The minimum absolute atomic E-state index is 0.610. The van der Waals surface area contributed by atoms with E-state index in [1.165, 1.54) is 67.3 Å². The highest BCUT2D eigenvalue weighted by atomic mass is 16.5. The van der Waals surface area contributed by atoms with Crippen LogP contribution in [0.15, 0.2) is 36.4 Å². The number of fused-ring (bicyclic) bond motifs is 1. The molecular formula is C25H34N2O. The molecular weight excluding hydrogens is 344 g/mol. The van der Waals surface area contributed by atoms with Gasteiger partial charge in [0.2, 0.25) is 0 Å². The number of aryl methyl sites for hydroxylation is 3.